The lowest BCUT2D eigenvalue weighted by atomic mass is 10.4. The van der Waals surface area contributed by atoms with E-state index in [0.29, 0.717) is 11.6 Å². The predicted octanol–water partition coefficient (Wildman–Crippen LogP) is -0.149. The van der Waals surface area contributed by atoms with Gasteiger partial charge < -0.3 is 16.2 Å². The van der Waals surface area contributed by atoms with Crippen molar-refractivity contribution in [3.05, 3.63) is 12.4 Å². The van der Waals surface area contributed by atoms with E-state index in [1.807, 2.05) is 6.92 Å². The number of hydrogen-bond acceptors (Lipinski definition) is 5. The number of aliphatic hydroxyl groups excluding tert-OH is 1. The Kier molecular flexibility index (Phi) is 2.82. The lowest BCUT2D eigenvalue weighted by molar-refractivity contribution is 0.281. The van der Waals surface area contributed by atoms with Gasteiger partial charge in [0.15, 0.2) is 0 Å². The maximum atomic E-state index is 8.71. The van der Waals surface area contributed by atoms with E-state index < -0.39 is 0 Å². The Hall–Kier alpha value is -1.36. The average Bonchev–Trinajstić information content (AvgIpc) is 2.09. The summed E-state index contributed by atoms with van der Waals surface area (Å²) in [6.45, 7) is 1.88. The van der Waals surface area contributed by atoms with Crippen LogP contribution in [0.25, 0.3) is 0 Å². The monoisotopic (exact) mass is 168 g/mol. The highest BCUT2D eigenvalue weighted by molar-refractivity contribution is 5.36. The quantitative estimate of drug-likeness (QED) is 0.584. The third-order valence-electron chi connectivity index (χ3n) is 1.32. The van der Waals surface area contributed by atoms with E-state index in [0.717, 1.165) is 0 Å². The van der Waals surface area contributed by atoms with Gasteiger partial charge >= 0.3 is 0 Å². The maximum Gasteiger partial charge on any atom is 0.223 e. The summed E-state index contributed by atoms with van der Waals surface area (Å²) in [7, 11) is 0. The van der Waals surface area contributed by atoms with Crippen molar-refractivity contribution in [1.29, 1.82) is 0 Å². The van der Waals surface area contributed by atoms with Crippen molar-refractivity contribution in [2.24, 2.45) is 0 Å². The number of anilines is 2. The number of nitrogen functional groups attached to an aromatic ring is 1. The molecule has 0 spiro atoms. The summed E-state index contributed by atoms with van der Waals surface area (Å²) in [4.78, 5) is 7.82. The van der Waals surface area contributed by atoms with Gasteiger partial charge in [0.05, 0.1) is 24.7 Å². The first kappa shape index (κ1) is 8.73. The Morgan fingerprint density at radius 2 is 2.17 bits per heavy atom. The normalized spacial score (nSPS) is 12.5. The number of rotatable bonds is 3. The predicted molar refractivity (Wildman–Crippen MR) is 46.6 cm³/mol. The Bertz CT molecular complexity index is 236. The highest BCUT2D eigenvalue weighted by Gasteiger charge is 2.00. The minimum atomic E-state index is -0.0476. The minimum absolute atomic E-state index is 0.0476. The van der Waals surface area contributed by atoms with Crippen molar-refractivity contribution >= 4 is 11.6 Å². The van der Waals surface area contributed by atoms with E-state index in [1.165, 1.54) is 12.4 Å². The lowest BCUT2D eigenvalue weighted by Crippen LogP contribution is -2.20. The molecule has 0 radical (unpaired) electrons. The van der Waals surface area contributed by atoms with Crippen LogP contribution >= 0.6 is 0 Å². The summed E-state index contributed by atoms with van der Waals surface area (Å²) < 4.78 is 0. The molecule has 4 N–H and O–H groups in total. The van der Waals surface area contributed by atoms with Crippen LogP contribution in [0, 0.1) is 0 Å². The first-order chi connectivity index (χ1) is 5.72. The van der Waals surface area contributed by atoms with Crippen LogP contribution in [0.1, 0.15) is 6.92 Å². The van der Waals surface area contributed by atoms with Gasteiger partial charge in [-0.05, 0) is 6.92 Å². The fourth-order valence-corrected chi connectivity index (χ4v) is 0.679. The van der Waals surface area contributed by atoms with Gasteiger partial charge in [0, 0.05) is 6.04 Å². The van der Waals surface area contributed by atoms with Crippen LogP contribution in [0.3, 0.4) is 0 Å². The first-order valence-corrected chi connectivity index (χ1v) is 3.67. The molecule has 0 saturated heterocycles. The molecule has 0 aliphatic carbocycles. The summed E-state index contributed by atoms with van der Waals surface area (Å²) in [6, 6.07) is -0.0476. The van der Waals surface area contributed by atoms with Crippen LogP contribution < -0.4 is 11.1 Å². The number of aromatic nitrogens is 2. The third kappa shape index (κ3) is 2.35. The van der Waals surface area contributed by atoms with Gasteiger partial charge in [-0.25, -0.2) is 9.97 Å². The van der Waals surface area contributed by atoms with E-state index in [1.54, 1.807) is 0 Å². The molecule has 1 rings (SSSR count). The topological polar surface area (TPSA) is 84.1 Å². The molecular weight excluding hydrogens is 156 g/mol. The van der Waals surface area contributed by atoms with E-state index in [9.17, 15) is 0 Å². The van der Waals surface area contributed by atoms with Crippen LogP contribution in [0.5, 0.6) is 0 Å². The highest BCUT2D eigenvalue weighted by atomic mass is 16.3. The molecule has 12 heavy (non-hydrogen) atoms. The zero-order valence-electron chi connectivity index (χ0n) is 6.86. The Morgan fingerprint density at radius 3 is 2.67 bits per heavy atom. The summed E-state index contributed by atoms with van der Waals surface area (Å²) in [5, 5.41) is 11.6. The summed E-state index contributed by atoms with van der Waals surface area (Å²) in [6.07, 6.45) is 3.03. The summed E-state index contributed by atoms with van der Waals surface area (Å²) in [5.41, 5.74) is 5.91. The van der Waals surface area contributed by atoms with Crippen molar-refractivity contribution in [3.8, 4) is 0 Å². The van der Waals surface area contributed by atoms with Crippen molar-refractivity contribution in [2.75, 3.05) is 17.7 Å². The molecular formula is C7H12N4O. The molecule has 0 aliphatic heterocycles. The minimum Gasteiger partial charge on any atom is -0.396 e. The number of nitrogens with one attached hydrogen (secondary N) is 1. The second-order valence-corrected chi connectivity index (χ2v) is 2.57. The maximum absolute atomic E-state index is 8.71. The zero-order chi connectivity index (χ0) is 8.97. The molecule has 0 fully saturated rings. The molecule has 0 saturated carbocycles. The van der Waals surface area contributed by atoms with Gasteiger partial charge in [-0.3, -0.25) is 0 Å². The fourth-order valence-electron chi connectivity index (χ4n) is 0.679. The second-order valence-electron chi connectivity index (χ2n) is 2.57. The van der Waals surface area contributed by atoms with Crippen LogP contribution in [0.2, 0.25) is 0 Å². The number of nitrogens with zero attached hydrogens (tertiary/aromatic N) is 2. The number of nitrogens with two attached hydrogens (primary N) is 1. The lowest BCUT2D eigenvalue weighted by Gasteiger charge is -2.09. The largest absolute Gasteiger partial charge is 0.396 e. The molecule has 5 nitrogen and oxygen atoms in total. The van der Waals surface area contributed by atoms with Gasteiger partial charge in [-0.2, -0.15) is 0 Å². The molecule has 0 amide bonds. The first-order valence-electron chi connectivity index (χ1n) is 3.67. The third-order valence-corrected chi connectivity index (χ3v) is 1.32. The van der Waals surface area contributed by atoms with Gasteiger partial charge in [0.2, 0.25) is 5.95 Å². The van der Waals surface area contributed by atoms with Crippen LogP contribution in [0.15, 0.2) is 12.4 Å². The standard InChI is InChI=1S/C7H12N4O/c1-5(4-12)11-7-9-2-6(8)3-10-7/h2-3,5,12H,4,8H2,1H3,(H,9,10,11). The van der Waals surface area contributed by atoms with Gasteiger partial charge in [0.1, 0.15) is 0 Å². The molecule has 5 heteroatoms. The van der Waals surface area contributed by atoms with E-state index in [4.69, 9.17) is 10.8 Å². The van der Waals surface area contributed by atoms with Crippen LogP contribution in [0.4, 0.5) is 11.6 Å². The SMILES string of the molecule is CC(CO)Nc1ncc(N)cn1. The molecule has 66 valence electrons. The Balaban J connectivity index is 2.58. The Morgan fingerprint density at radius 1 is 1.58 bits per heavy atom. The number of aliphatic hydroxyl groups is 1. The van der Waals surface area contributed by atoms with Gasteiger partial charge in [-0.1, -0.05) is 0 Å². The molecule has 0 aliphatic rings. The molecule has 0 aromatic carbocycles. The van der Waals surface area contributed by atoms with Crippen LogP contribution in [-0.2, 0) is 0 Å². The molecule has 1 aromatic rings. The van der Waals surface area contributed by atoms with E-state index in [-0.39, 0.29) is 12.6 Å². The second kappa shape index (κ2) is 3.87. The zero-order valence-corrected chi connectivity index (χ0v) is 6.86. The summed E-state index contributed by atoms with van der Waals surface area (Å²) >= 11 is 0. The molecule has 1 unspecified atom stereocenters. The smallest absolute Gasteiger partial charge is 0.223 e. The Labute approximate surface area is 70.6 Å². The number of hydrogen-bond donors (Lipinski definition) is 3. The highest BCUT2D eigenvalue weighted by Crippen LogP contribution is 2.01. The molecule has 0 bridgehead atoms. The molecule has 1 aromatic heterocycles. The van der Waals surface area contributed by atoms with Crippen molar-refractivity contribution < 1.29 is 5.11 Å². The van der Waals surface area contributed by atoms with E-state index in [2.05, 4.69) is 15.3 Å². The van der Waals surface area contributed by atoms with Gasteiger partial charge in [0.25, 0.3) is 0 Å². The van der Waals surface area contributed by atoms with Crippen molar-refractivity contribution in [1.82, 2.24) is 9.97 Å². The molecule has 1 heterocycles. The summed E-state index contributed by atoms with van der Waals surface area (Å²) in [5.74, 6) is 0.478. The average molecular weight is 168 g/mol. The molecule has 1 atom stereocenters. The van der Waals surface area contributed by atoms with E-state index >= 15 is 0 Å². The van der Waals surface area contributed by atoms with Crippen molar-refractivity contribution in [3.63, 3.8) is 0 Å². The van der Waals surface area contributed by atoms with Crippen molar-refractivity contribution in [2.45, 2.75) is 13.0 Å². The fraction of sp³-hybridized carbons (Fsp3) is 0.429. The van der Waals surface area contributed by atoms with Gasteiger partial charge in [-0.15, -0.1) is 0 Å². The van der Waals surface area contributed by atoms with Crippen LogP contribution in [-0.4, -0.2) is 27.7 Å².